The van der Waals surface area contributed by atoms with Crippen molar-refractivity contribution in [3.05, 3.63) is 29.8 Å². The van der Waals surface area contributed by atoms with Crippen molar-refractivity contribution in [1.29, 1.82) is 0 Å². The van der Waals surface area contributed by atoms with Crippen molar-refractivity contribution in [3.8, 4) is 0 Å². The summed E-state index contributed by atoms with van der Waals surface area (Å²) in [6, 6.07) is 7.12. The van der Waals surface area contributed by atoms with Crippen molar-refractivity contribution < 1.29 is 14.6 Å². The molecule has 0 radical (unpaired) electrons. The highest BCUT2D eigenvalue weighted by Gasteiger charge is 2.40. The van der Waals surface area contributed by atoms with Gasteiger partial charge in [0.25, 0.3) is 0 Å². The normalized spacial score (nSPS) is 24.3. The first-order valence-electron chi connectivity index (χ1n) is 7.81. The van der Waals surface area contributed by atoms with Gasteiger partial charge >= 0.3 is 5.97 Å². The Morgan fingerprint density at radius 3 is 2.57 bits per heavy atom. The Morgan fingerprint density at radius 1 is 1.19 bits per heavy atom. The van der Waals surface area contributed by atoms with E-state index in [1.165, 1.54) is 44.9 Å². The molecule has 1 aromatic rings. The first-order valence-corrected chi connectivity index (χ1v) is 8.79. The minimum absolute atomic E-state index is 0.191. The number of carboxylic acids is 1. The van der Waals surface area contributed by atoms with Gasteiger partial charge in [0.2, 0.25) is 0 Å². The van der Waals surface area contributed by atoms with Gasteiger partial charge in [0.15, 0.2) is 0 Å². The number of thioether (sulfide) groups is 1. The highest BCUT2D eigenvalue weighted by atomic mass is 32.2. The van der Waals surface area contributed by atoms with E-state index in [0.717, 1.165) is 10.6 Å². The Bertz CT molecular complexity index is 491. The van der Waals surface area contributed by atoms with Crippen molar-refractivity contribution in [3.63, 3.8) is 0 Å². The fraction of sp³-hybridized carbons (Fsp3) is 0.588. The molecule has 3 rings (SSSR count). The van der Waals surface area contributed by atoms with E-state index in [4.69, 9.17) is 9.84 Å². The van der Waals surface area contributed by atoms with Crippen LogP contribution in [0.1, 0.15) is 55.3 Å². The highest BCUT2D eigenvalue weighted by molar-refractivity contribution is 7.99. The molecule has 21 heavy (non-hydrogen) atoms. The lowest BCUT2D eigenvalue weighted by Crippen LogP contribution is -2.32. The molecule has 4 heteroatoms. The molecule has 1 aliphatic heterocycles. The lowest BCUT2D eigenvalue weighted by atomic mass is 9.83. The molecule has 1 saturated carbocycles. The maximum absolute atomic E-state index is 10.8. The first-order chi connectivity index (χ1) is 10.2. The summed E-state index contributed by atoms with van der Waals surface area (Å²) in [7, 11) is 0. The highest BCUT2D eigenvalue weighted by Crippen LogP contribution is 2.42. The molecule has 1 heterocycles. The molecule has 1 spiro atoms. The maximum Gasteiger partial charge on any atom is 0.335 e. The molecular formula is C17H22O3S. The first kappa shape index (κ1) is 14.9. The van der Waals surface area contributed by atoms with Gasteiger partial charge in [0.1, 0.15) is 0 Å². The lowest BCUT2D eigenvalue weighted by Gasteiger charge is -2.33. The largest absolute Gasteiger partial charge is 0.478 e. The van der Waals surface area contributed by atoms with Crippen LogP contribution in [0, 0.1) is 0 Å². The second-order valence-corrected chi connectivity index (χ2v) is 7.26. The van der Waals surface area contributed by atoms with Crippen molar-refractivity contribution in [2.24, 2.45) is 0 Å². The maximum atomic E-state index is 10.8. The third kappa shape index (κ3) is 3.61. The molecular weight excluding hydrogens is 284 g/mol. The average Bonchev–Trinajstić information content (AvgIpc) is 2.89. The molecule has 0 amide bonds. The summed E-state index contributed by atoms with van der Waals surface area (Å²) in [6.45, 7) is 0. The average molecular weight is 306 g/mol. The molecule has 1 aliphatic carbocycles. The van der Waals surface area contributed by atoms with Crippen LogP contribution < -0.4 is 0 Å². The lowest BCUT2D eigenvalue weighted by molar-refractivity contribution is -0.0555. The number of carbonyl (C=O) groups is 1. The number of rotatable bonds is 4. The van der Waals surface area contributed by atoms with Crippen LogP contribution in [0.15, 0.2) is 29.2 Å². The van der Waals surface area contributed by atoms with Crippen LogP contribution in [0.4, 0.5) is 0 Å². The Hall–Kier alpha value is -1.00. The number of aromatic carboxylic acids is 1. The second-order valence-electron chi connectivity index (χ2n) is 6.16. The molecule has 0 aromatic heterocycles. The van der Waals surface area contributed by atoms with Gasteiger partial charge in [-0.15, -0.1) is 11.8 Å². The van der Waals surface area contributed by atoms with E-state index in [1.54, 1.807) is 23.9 Å². The minimum atomic E-state index is -0.870. The van der Waals surface area contributed by atoms with Gasteiger partial charge in [-0.25, -0.2) is 4.79 Å². The van der Waals surface area contributed by atoms with E-state index in [9.17, 15) is 4.79 Å². The van der Waals surface area contributed by atoms with Gasteiger partial charge < -0.3 is 9.84 Å². The van der Waals surface area contributed by atoms with Crippen molar-refractivity contribution in [2.45, 2.75) is 61.5 Å². The zero-order valence-corrected chi connectivity index (χ0v) is 13.0. The van der Waals surface area contributed by atoms with Gasteiger partial charge in [-0.2, -0.15) is 0 Å². The fourth-order valence-electron chi connectivity index (χ4n) is 3.46. The van der Waals surface area contributed by atoms with Crippen LogP contribution >= 0.6 is 11.8 Å². The molecule has 2 aliphatic rings. The molecule has 114 valence electrons. The zero-order valence-electron chi connectivity index (χ0n) is 12.2. The number of carboxylic acid groups (broad SMARTS) is 1. The van der Waals surface area contributed by atoms with E-state index in [1.807, 2.05) is 12.1 Å². The van der Waals surface area contributed by atoms with E-state index < -0.39 is 5.97 Å². The quantitative estimate of drug-likeness (QED) is 0.840. The number of hydrogen-bond acceptors (Lipinski definition) is 3. The van der Waals surface area contributed by atoms with Gasteiger partial charge in [0.05, 0.1) is 17.3 Å². The summed E-state index contributed by atoms with van der Waals surface area (Å²) >= 11 is 1.77. The van der Waals surface area contributed by atoms with Crippen LogP contribution in [0.25, 0.3) is 0 Å². The summed E-state index contributed by atoms with van der Waals surface area (Å²) in [5.41, 5.74) is 0.536. The topological polar surface area (TPSA) is 46.5 Å². The van der Waals surface area contributed by atoms with E-state index >= 15 is 0 Å². The third-order valence-electron chi connectivity index (χ3n) is 4.64. The van der Waals surface area contributed by atoms with Crippen LogP contribution in [-0.2, 0) is 4.74 Å². The Morgan fingerprint density at radius 2 is 1.90 bits per heavy atom. The SMILES string of the molecule is O=C(O)c1ccc(SCC2CCC3(CCCCC3)O2)cc1. The third-order valence-corrected chi connectivity index (χ3v) is 5.78. The van der Waals surface area contributed by atoms with Crippen molar-refractivity contribution in [1.82, 2.24) is 0 Å². The van der Waals surface area contributed by atoms with Crippen molar-refractivity contribution >= 4 is 17.7 Å². The van der Waals surface area contributed by atoms with Gasteiger partial charge in [-0.3, -0.25) is 0 Å². The summed E-state index contributed by atoms with van der Waals surface area (Å²) in [5.74, 6) is 0.0960. The molecule has 1 saturated heterocycles. The van der Waals surface area contributed by atoms with Crippen LogP contribution in [0.5, 0.6) is 0 Å². The monoisotopic (exact) mass is 306 g/mol. The molecule has 1 atom stereocenters. The standard InChI is InChI=1S/C17H22O3S/c18-16(19)13-4-6-15(7-5-13)21-12-14-8-11-17(20-14)9-2-1-3-10-17/h4-7,14H,1-3,8-12H2,(H,18,19). The van der Waals surface area contributed by atoms with Crippen LogP contribution in [0.2, 0.25) is 0 Å². The Balaban J connectivity index is 1.50. The zero-order chi connectivity index (χ0) is 14.7. The molecule has 0 bridgehead atoms. The predicted molar refractivity (Wildman–Crippen MR) is 84.0 cm³/mol. The summed E-state index contributed by atoms with van der Waals surface area (Å²) in [4.78, 5) is 11.9. The minimum Gasteiger partial charge on any atom is -0.478 e. The molecule has 3 nitrogen and oxygen atoms in total. The van der Waals surface area contributed by atoms with Gasteiger partial charge in [0, 0.05) is 10.6 Å². The van der Waals surface area contributed by atoms with E-state index in [-0.39, 0.29) is 5.60 Å². The number of ether oxygens (including phenoxy) is 1. The van der Waals surface area contributed by atoms with E-state index in [0.29, 0.717) is 11.7 Å². The Kier molecular flexibility index (Phi) is 4.55. The summed E-state index contributed by atoms with van der Waals surface area (Å²) in [6.07, 6.45) is 9.21. The predicted octanol–water partition coefficient (Wildman–Crippen LogP) is 4.36. The fourth-order valence-corrected chi connectivity index (χ4v) is 4.40. The van der Waals surface area contributed by atoms with Gasteiger partial charge in [-0.05, 0) is 49.9 Å². The number of hydrogen-bond donors (Lipinski definition) is 1. The van der Waals surface area contributed by atoms with E-state index in [2.05, 4.69) is 0 Å². The Labute approximate surface area is 130 Å². The molecule has 1 unspecified atom stereocenters. The smallest absolute Gasteiger partial charge is 0.335 e. The summed E-state index contributed by atoms with van der Waals surface area (Å²) < 4.78 is 6.36. The van der Waals surface area contributed by atoms with Gasteiger partial charge in [-0.1, -0.05) is 19.3 Å². The van der Waals surface area contributed by atoms with Crippen LogP contribution in [0.3, 0.4) is 0 Å². The van der Waals surface area contributed by atoms with Crippen LogP contribution in [-0.4, -0.2) is 28.5 Å². The molecule has 1 N–H and O–H groups in total. The summed E-state index contributed by atoms with van der Waals surface area (Å²) in [5, 5.41) is 8.89. The van der Waals surface area contributed by atoms with Crippen molar-refractivity contribution in [2.75, 3.05) is 5.75 Å². The molecule has 1 aromatic carbocycles. The number of benzene rings is 1. The second kappa shape index (κ2) is 6.41. The molecule has 2 fully saturated rings.